The summed E-state index contributed by atoms with van der Waals surface area (Å²) in [4.78, 5) is 14.3. The van der Waals surface area contributed by atoms with Crippen LogP contribution in [0.2, 0.25) is 0 Å². The maximum atomic E-state index is 12.2. The van der Waals surface area contributed by atoms with Gasteiger partial charge in [-0.15, -0.1) is 0 Å². The van der Waals surface area contributed by atoms with Gasteiger partial charge in [0.25, 0.3) is 0 Å². The van der Waals surface area contributed by atoms with Crippen LogP contribution in [0.15, 0.2) is 18.2 Å². The maximum Gasteiger partial charge on any atom is 0.166 e. The lowest BCUT2D eigenvalue weighted by Crippen LogP contribution is -2.17. The number of ether oxygens (including phenoxy) is 1. The van der Waals surface area contributed by atoms with Crippen molar-refractivity contribution < 1.29 is 9.53 Å². The van der Waals surface area contributed by atoms with Gasteiger partial charge in [0.2, 0.25) is 0 Å². The second-order valence-electron chi connectivity index (χ2n) is 5.08. The number of carbonyl (C=O) groups is 1. The van der Waals surface area contributed by atoms with Crippen molar-refractivity contribution in [1.29, 1.82) is 0 Å². The topological polar surface area (TPSA) is 29.5 Å². The van der Waals surface area contributed by atoms with E-state index in [2.05, 4.69) is 18.7 Å². The molecule has 2 atom stereocenters. The molecule has 0 radical (unpaired) electrons. The van der Waals surface area contributed by atoms with E-state index in [-0.39, 0.29) is 11.7 Å². The molecule has 1 aromatic carbocycles. The van der Waals surface area contributed by atoms with E-state index in [1.54, 1.807) is 7.11 Å². The van der Waals surface area contributed by atoms with Crippen molar-refractivity contribution in [2.24, 2.45) is 11.8 Å². The summed E-state index contributed by atoms with van der Waals surface area (Å²) >= 11 is 0. The minimum atomic E-state index is 0.226. The summed E-state index contributed by atoms with van der Waals surface area (Å²) in [7, 11) is 3.67. The number of anilines is 1. The van der Waals surface area contributed by atoms with Crippen molar-refractivity contribution in [2.75, 3.05) is 25.6 Å². The normalized spacial score (nSPS) is 19.7. The summed E-state index contributed by atoms with van der Waals surface area (Å²) in [5.41, 5.74) is 1.80. The Morgan fingerprint density at radius 3 is 2.45 bits per heavy atom. The monoisotopic (exact) mass is 277 g/mol. The predicted octanol–water partition coefficient (Wildman–Crippen LogP) is 4.02. The van der Waals surface area contributed by atoms with E-state index < -0.39 is 0 Å². The van der Waals surface area contributed by atoms with Crippen LogP contribution in [0, 0.1) is 11.8 Å². The molecule has 20 heavy (non-hydrogen) atoms. The molecule has 2 rings (SSSR count). The summed E-state index contributed by atoms with van der Waals surface area (Å²) in [6, 6.07) is 5.76. The Morgan fingerprint density at radius 1 is 1.40 bits per heavy atom. The van der Waals surface area contributed by atoms with Crippen molar-refractivity contribution in [2.45, 2.75) is 34.1 Å². The molecule has 0 amide bonds. The van der Waals surface area contributed by atoms with Crippen molar-refractivity contribution in [1.82, 2.24) is 0 Å². The zero-order chi connectivity index (χ0) is 15.3. The Balaban J connectivity index is 0.000000956. The van der Waals surface area contributed by atoms with E-state index in [0.29, 0.717) is 5.92 Å². The van der Waals surface area contributed by atoms with E-state index in [4.69, 9.17) is 4.74 Å². The van der Waals surface area contributed by atoms with Gasteiger partial charge >= 0.3 is 0 Å². The molecule has 0 saturated heterocycles. The van der Waals surface area contributed by atoms with E-state index in [0.717, 1.165) is 30.0 Å². The lowest BCUT2D eigenvalue weighted by Gasteiger charge is -2.20. The van der Waals surface area contributed by atoms with Crippen LogP contribution in [0.25, 0.3) is 0 Å². The lowest BCUT2D eigenvalue weighted by atomic mass is 10.0. The van der Waals surface area contributed by atoms with E-state index in [1.165, 1.54) is 0 Å². The van der Waals surface area contributed by atoms with Crippen LogP contribution in [-0.4, -0.2) is 26.5 Å². The van der Waals surface area contributed by atoms with Gasteiger partial charge in [0.15, 0.2) is 5.78 Å². The zero-order valence-electron chi connectivity index (χ0n) is 13.6. The van der Waals surface area contributed by atoms with Crippen LogP contribution < -0.4 is 9.64 Å². The molecule has 1 aromatic rings. The first-order chi connectivity index (χ1) is 9.58. The molecule has 0 N–H and O–H groups in total. The third-order valence-electron chi connectivity index (χ3n) is 3.80. The van der Waals surface area contributed by atoms with Crippen molar-refractivity contribution in [3.63, 3.8) is 0 Å². The summed E-state index contributed by atoms with van der Waals surface area (Å²) in [6.45, 7) is 9.12. The fraction of sp³-hybridized carbons (Fsp3) is 0.588. The molecule has 1 aliphatic rings. The highest BCUT2D eigenvalue weighted by Gasteiger charge is 2.39. The summed E-state index contributed by atoms with van der Waals surface area (Å²) in [5.74, 6) is 1.80. The quantitative estimate of drug-likeness (QED) is 0.761. The van der Waals surface area contributed by atoms with Crippen molar-refractivity contribution in [3.05, 3.63) is 23.8 Å². The first-order valence-electron chi connectivity index (χ1n) is 7.51. The number of Topliss-reactive ketones (excluding diaryl/α,β-unsaturated/α-hetero) is 1. The number of carbonyl (C=O) groups excluding carboxylic acids is 1. The Kier molecular flexibility index (Phi) is 6.05. The van der Waals surface area contributed by atoms with Crippen molar-refractivity contribution in [3.8, 4) is 5.75 Å². The number of hydrogen-bond acceptors (Lipinski definition) is 3. The van der Waals surface area contributed by atoms with Gasteiger partial charge in [0.05, 0.1) is 12.8 Å². The molecule has 2 unspecified atom stereocenters. The van der Waals surface area contributed by atoms with Gasteiger partial charge in [-0.1, -0.05) is 20.8 Å². The van der Waals surface area contributed by atoms with Gasteiger partial charge in [0.1, 0.15) is 5.75 Å². The fourth-order valence-electron chi connectivity index (χ4n) is 2.22. The van der Waals surface area contributed by atoms with Crippen LogP contribution in [0.1, 0.15) is 44.5 Å². The highest BCUT2D eigenvalue weighted by Crippen LogP contribution is 2.41. The summed E-state index contributed by atoms with van der Waals surface area (Å²) < 4.78 is 5.39. The molecule has 1 saturated carbocycles. The molecule has 1 fully saturated rings. The number of ketones is 1. The molecule has 0 aliphatic heterocycles. The minimum absolute atomic E-state index is 0.226. The highest BCUT2D eigenvalue weighted by molar-refractivity contribution is 6.00. The molecule has 3 heteroatoms. The van der Waals surface area contributed by atoms with Gasteiger partial charge < -0.3 is 9.64 Å². The zero-order valence-corrected chi connectivity index (χ0v) is 13.6. The molecular formula is C17H27NO2. The first-order valence-corrected chi connectivity index (χ1v) is 7.51. The molecule has 112 valence electrons. The third kappa shape index (κ3) is 3.53. The highest BCUT2D eigenvalue weighted by atomic mass is 16.5. The number of methoxy groups -OCH3 is 1. The standard InChI is InChI=1S/C15H21NO2.C2H6/c1-5-16(3)13-7-6-11(9-14(13)18-4)15(17)12-8-10(12)2;1-2/h6-7,9-10,12H,5,8H2,1-4H3;1-2H3. The lowest BCUT2D eigenvalue weighted by molar-refractivity contribution is 0.0962. The fourth-order valence-corrected chi connectivity index (χ4v) is 2.22. The van der Waals surface area contributed by atoms with Crippen LogP contribution in [0.3, 0.4) is 0 Å². The second-order valence-corrected chi connectivity index (χ2v) is 5.08. The van der Waals surface area contributed by atoms with E-state index in [1.807, 2.05) is 39.1 Å². The van der Waals surface area contributed by atoms with E-state index >= 15 is 0 Å². The van der Waals surface area contributed by atoms with Gasteiger partial charge in [0, 0.05) is 25.1 Å². The first kappa shape index (κ1) is 16.5. The van der Waals surface area contributed by atoms with Crippen LogP contribution in [0.5, 0.6) is 5.75 Å². The largest absolute Gasteiger partial charge is 0.495 e. The second kappa shape index (κ2) is 7.32. The third-order valence-corrected chi connectivity index (χ3v) is 3.80. The molecule has 0 bridgehead atoms. The average molecular weight is 277 g/mol. The smallest absolute Gasteiger partial charge is 0.166 e. The molecule has 3 nitrogen and oxygen atoms in total. The SMILES string of the molecule is CC.CCN(C)c1ccc(C(=O)C2CC2C)cc1OC. The Morgan fingerprint density at radius 2 is 2.00 bits per heavy atom. The van der Waals surface area contributed by atoms with Crippen LogP contribution in [-0.2, 0) is 0 Å². The molecule has 0 spiro atoms. The number of nitrogens with zero attached hydrogens (tertiary/aromatic N) is 1. The minimum Gasteiger partial charge on any atom is -0.495 e. The summed E-state index contributed by atoms with van der Waals surface area (Å²) in [6.07, 6.45) is 1.03. The van der Waals surface area contributed by atoms with Crippen LogP contribution >= 0.6 is 0 Å². The Labute approximate surface area is 122 Å². The Bertz CT molecular complexity index is 456. The number of benzene rings is 1. The van der Waals surface area contributed by atoms with Crippen molar-refractivity contribution >= 4 is 11.5 Å². The average Bonchev–Trinajstić information content (AvgIpc) is 3.24. The number of rotatable bonds is 5. The summed E-state index contributed by atoms with van der Waals surface area (Å²) in [5, 5.41) is 0. The van der Waals surface area contributed by atoms with Gasteiger partial charge in [-0.05, 0) is 37.5 Å². The molecule has 0 heterocycles. The van der Waals surface area contributed by atoms with Gasteiger partial charge in [-0.25, -0.2) is 0 Å². The maximum absolute atomic E-state index is 12.2. The van der Waals surface area contributed by atoms with E-state index in [9.17, 15) is 4.79 Å². The Hall–Kier alpha value is -1.51. The predicted molar refractivity (Wildman–Crippen MR) is 84.9 cm³/mol. The van der Waals surface area contributed by atoms with Gasteiger partial charge in [-0.3, -0.25) is 4.79 Å². The molecular weight excluding hydrogens is 250 g/mol. The van der Waals surface area contributed by atoms with Gasteiger partial charge in [-0.2, -0.15) is 0 Å². The van der Waals surface area contributed by atoms with Crippen LogP contribution in [0.4, 0.5) is 5.69 Å². The molecule has 0 aromatic heterocycles. The number of hydrogen-bond donors (Lipinski definition) is 0. The molecule has 1 aliphatic carbocycles.